The first kappa shape index (κ1) is 11.4. The topological polar surface area (TPSA) is 20.3 Å². The second-order valence-corrected chi connectivity index (χ2v) is 5.69. The smallest absolute Gasteiger partial charge is 0.238 e. The summed E-state index contributed by atoms with van der Waals surface area (Å²) in [5.74, 6) is 0.417. The highest BCUT2D eigenvalue weighted by molar-refractivity contribution is 6.31. The molecule has 0 aliphatic carbocycles. The Kier molecular flexibility index (Phi) is 2.43. The maximum Gasteiger partial charge on any atom is 0.238 e. The van der Waals surface area contributed by atoms with E-state index in [-0.39, 0.29) is 5.91 Å². The van der Waals surface area contributed by atoms with Gasteiger partial charge in [-0.05, 0) is 43.0 Å². The summed E-state index contributed by atoms with van der Waals surface area (Å²) in [6, 6.07) is 3.87. The third-order valence-electron chi connectivity index (χ3n) is 3.83. The maximum atomic E-state index is 12.4. The molecule has 4 heteroatoms. The maximum absolute atomic E-state index is 12.4. The van der Waals surface area contributed by atoms with Crippen LogP contribution in [-0.2, 0) is 16.6 Å². The van der Waals surface area contributed by atoms with E-state index in [0.29, 0.717) is 10.9 Å². The summed E-state index contributed by atoms with van der Waals surface area (Å²) in [5.41, 5.74) is 2.63. The predicted octanol–water partition coefficient (Wildman–Crippen LogP) is 3.13. The monoisotopic (exact) mass is 269 g/mol. The molecule has 0 aromatic heterocycles. The Morgan fingerprint density at radius 1 is 1.47 bits per heavy atom. The third kappa shape index (κ3) is 1.37. The van der Waals surface area contributed by atoms with Crippen molar-refractivity contribution in [3.05, 3.63) is 28.3 Å². The molecule has 2 heterocycles. The number of anilines is 1. The summed E-state index contributed by atoms with van der Waals surface area (Å²) in [6.45, 7) is 2.71. The normalized spacial score (nSPS) is 26.3. The molecular formula is C13H13Cl2NO. The van der Waals surface area contributed by atoms with E-state index in [1.807, 2.05) is 24.0 Å². The Bertz CT molecular complexity index is 514. The van der Waals surface area contributed by atoms with Crippen LogP contribution in [0.4, 0.5) is 5.69 Å². The lowest BCUT2D eigenvalue weighted by Crippen LogP contribution is -2.40. The van der Waals surface area contributed by atoms with Gasteiger partial charge in [-0.3, -0.25) is 4.79 Å². The third-order valence-corrected chi connectivity index (χ3v) is 4.58. The lowest BCUT2D eigenvalue weighted by atomic mass is 9.85. The van der Waals surface area contributed by atoms with Crippen molar-refractivity contribution < 1.29 is 4.79 Å². The van der Waals surface area contributed by atoms with E-state index in [9.17, 15) is 4.79 Å². The van der Waals surface area contributed by atoms with Crippen LogP contribution in [0.1, 0.15) is 24.5 Å². The van der Waals surface area contributed by atoms with E-state index >= 15 is 0 Å². The number of hydrogen-bond acceptors (Lipinski definition) is 1. The molecule has 1 amide bonds. The average Bonchev–Trinajstić information content (AvgIpc) is 2.54. The van der Waals surface area contributed by atoms with Crippen molar-refractivity contribution in [1.29, 1.82) is 0 Å². The SMILES string of the molecule is CC1(CCl)C(=O)N2CCCc3cc(Cl)cc1c32. The summed E-state index contributed by atoms with van der Waals surface area (Å²) in [6.07, 6.45) is 1.99. The van der Waals surface area contributed by atoms with Crippen LogP contribution in [0.15, 0.2) is 12.1 Å². The van der Waals surface area contributed by atoms with Gasteiger partial charge in [0.2, 0.25) is 5.91 Å². The Morgan fingerprint density at radius 3 is 2.94 bits per heavy atom. The van der Waals surface area contributed by atoms with E-state index in [1.54, 1.807) is 0 Å². The van der Waals surface area contributed by atoms with E-state index in [4.69, 9.17) is 23.2 Å². The van der Waals surface area contributed by atoms with Crippen molar-refractivity contribution in [2.24, 2.45) is 0 Å². The molecule has 0 fully saturated rings. The minimum Gasteiger partial charge on any atom is -0.311 e. The zero-order chi connectivity index (χ0) is 12.2. The fraction of sp³-hybridized carbons (Fsp3) is 0.462. The lowest BCUT2D eigenvalue weighted by Gasteiger charge is -2.25. The van der Waals surface area contributed by atoms with Crippen LogP contribution in [0.2, 0.25) is 5.02 Å². The number of nitrogens with zero attached hydrogens (tertiary/aromatic N) is 1. The van der Waals surface area contributed by atoms with E-state index in [1.165, 1.54) is 5.56 Å². The van der Waals surface area contributed by atoms with E-state index < -0.39 is 5.41 Å². The van der Waals surface area contributed by atoms with Gasteiger partial charge in [0.15, 0.2) is 0 Å². The summed E-state index contributed by atoms with van der Waals surface area (Å²) in [7, 11) is 0. The second kappa shape index (κ2) is 3.63. The number of alkyl halides is 1. The van der Waals surface area contributed by atoms with Crippen LogP contribution in [-0.4, -0.2) is 18.3 Å². The summed E-state index contributed by atoms with van der Waals surface area (Å²) in [5, 5.41) is 0.701. The molecule has 0 spiro atoms. The number of halogens is 2. The van der Waals surface area contributed by atoms with Gasteiger partial charge in [-0.25, -0.2) is 0 Å². The molecule has 1 aromatic rings. The van der Waals surface area contributed by atoms with Crippen LogP contribution < -0.4 is 4.90 Å². The minimum absolute atomic E-state index is 0.116. The molecule has 2 nitrogen and oxygen atoms in total. The van der Waals surface area contributed by atoms with Crippen LogP contribution in [0.25, 0.3) is 0 Å². The van der Waals surface area contributed by atoms with Crippen molar-refractivity contribution in [2.75, 3.05) is 17.3 Å². The molecule has 17 heavy (non-hydrogen) atoms. The molecule has 90 valence electrons. The zero-order valence-corrected chi connectivity index (χ0v) is 11.1. The highest BCUT2D eigenvalue weighted by Crippen LogP contribution is 2.47. The Morgan fingerprint density at radius 2 is 2.24 bits per heavy atom. The van der Waals surface area contributed by atoms with Crippen LogP contribution in [0, 0.1) is 0 Å². The number of rotatable bonds is 1. The zero-order valence-electron chi connectivity index (χ0n) is 9.59. The molecule has 2 aliphatic rings. The van der Waals surface area contributed by atoms with Gasteiger partial charge in [0.05, 0.1) is 11.1 Å². The summed E-state index contributed by atoms with van der Waals surface area (Å²) >= 11 is 12.2. The van der Waals surface area contributed by atoms with Gasteiger partial charge in [-0.1, -0.05) is 11.6 Å². The van der Waals surface area contributed by atoms with Crippen molar-refractivity contribution in [2.45, 2.75) is 25.2 Å². The second-order valence-electron chi connectivity index (χ2n) is 4.99. The molecule has 0 bridgehead atoms. The molecule has 0 saturated carbocycles. The largest absolute Gasteiger partial charge is 0.311 e. The van der Waals surface area contributed by atoms with Crippen LogP contribution in [0.3, 0.4) is 0 Å². The average molecular weight is 270 g/mol. The van der Waals surface area contributed by atoms with Gasteiger partial charge >= 0.3 is 0 Å². The van der Waals surface area contributed by atoms with Crippen molar-refractivity contribution in [3.8, 4) is 0 Å². The molecule has 0 N–H and O–H groups in total. The van der Waals surface area contributed by atoms with Gasteiger partial charge in [-0.15, -0.1) is 11.6 Å². The predicted molar refractivity (Wildman–Crippen MR) is 70.2 cm³/mol. The molecule has 3 rings (SSSR count). The summed E-state index contributed by atoms with van der Waals surface area (Å²) in [4.78, 5) is 14.3. The molecule has 2 aliphatic heterocycles. The molecule has 0 radical (unpaired) electrons. The number of aryl methyl sites for hydroxylation is 1. The molecule has 1 aromatic carbocycles. The first-order chi connectivity index (χ1) is 8.08. The van der Waals surface area contributed by atoms with Crippen LogP contribution >= 0.6 is 23.2 Å². The fourth-order valence-electron chi connectivity index (χ4n) is 2.87. The molecule has 1 unspecified atom stereocenters. The highest BCUT2D eigenvalue weighted by atomic mass is 35.5. The van der Waals surface area contributed by atoms with Crippen LogP contribution in [0.5, 0.6) is 0 Å². The standard InChI is InChI=1S/C13H13Cl2NO/c1-13(7-14)10-6-9(15)5-8-3-2-4-16(11(8)10)12(13)17/h5-6H,2-4,7H2,1H3. The van der Waals surface area contributed by atoms with E-state index in [2.05, 4.69) is 0 Å². The number of carbonyl (C=O) groups is 1. The molecule has 1 atom stereocenters. The fourth-order valence-corrected chi connectivity index (χ4v) is 3.37. The summed E-state index contributed by atoms with van der Waals surface area (Å²) < 4.78 is 0. The Hall–Kier alpha value is -0.730. The number of amides is 1. The van der Waals surface area contributed by atoms with Gasteiger partial charge < -0.3 is 4.90 Å². The Labute approximate surface area is 111 Å². The number of carbonyl (C=O) groups excluding carboxylic acids is 1. The Balaban J connectivity index is 2.31. The first-order valence-corrected chi connectivity index (χ1v) is 6.70. The molecule has 0 saturated heterocycles. The van der Waals surface area contributed by atoms with Gasteiger partial charge in [-0.2, -0.15) is 0 Å². The number of hydrogen-bond donors (Lipinski definition) is 0. The van der Waals surface area contributed by atoms with E-state index in [0.717, 1.165) is 30.6 Å². The lowest BCUT2D eigenvalue weighted by molar-refractivity contribution is -0.122. The van der Waals surface area contributed by atoms with Gasteiger partial charge in [0.25, 0.3) is 0 Å². The van der Waals surface area contributed by atoms with Gasteiger partial charge in [0, 0.05) is 17.4 Å². The van der Waals surface area contributed by atoms with Gasteiger partial charge in [0.1, 0.15) is 0 Å². The number of benzene rings is 1. The van der Waals surface area contributed by atoms with Crippen molar-refractivity contribution in [3.63, 3.8) is 0 Å². The van der Waals surface area contributed by atoms with Crippen molar-refractivity contribution >= 4 is 34.8 Å². The quantitative estimate of drug-likeness (QED) is 0.718. The molecular weight excluding hydrogens is 257 g/mol. The first-order valence-electron chi connectivity index (χ1n) is 5.79. The van der Waals surface area contributed by atoms with Crippen molar-refractivity contribution in [1.82, 2.24) is 0 Å². The highest BCUT2D eigenvalue weighted by Gasteiger charge is 2.48. The minimum atomic E-state index is -0.610.